The van der Waals surface area contributed by atoms with E-state index in [9.17, 15) is 14.4 Å². The molecule has 0 bridgehead atoms. The summed E-state index contributed by atoms with van der Waals surface area (Å²) < 4.78 is 10.7. The lowest BCUT2D eigenvalue weighted by atomic mass is 9.98. The van der Waals surface area contributed by atoms with Gasteiger partial charge < -0.3 is 24.9 Å². The average molecular weight is 477 g/mol. The minimum absolute atomic E-state index is 0.00702. The number of carbonyl (C=O) groups excluding carboxylic acids is 2. The normalized spacial score (nSPS) is 13.1. The molecule has 0 aliphatic heterocycles. The van der Waals surface area contributed by atoms with Crippen LogP contribution in [0.25, 0.3) is 11.1 Å². The molecule has 1 heterocycles. The summed E-state index contributed by atoms with van der Waals surface area (Å²) in [5, 5.41) is 14.3. The second kappa shape index (κ2) is 10.5. The number of rotatable bonds is 9. The van der Waals surface area contributed by atoms with E-state index in [2.05, 4.69) is 22.8 Å². The summed E-state index contributed by atoms with van der Waals surface area (Å²) in [6, 6.07) is 18.1. The van der Waals surface area contributed by atoms with Gasteiger partial charge in [0.05, 0.1) is 6.54 Å². The molecule has 35 heavy (non-hydrogen) atoms. The highest BCUT2D eigenvalue weighted by Gasteiger charge is 2.30. The molecule has 0 unspecified atom stereocenters. The summed E-state index contributed by atoms with van der Waals surface area (Å²) >= 11 is 0. The van der Waals surface area contributed by atoms with Gasteiger partial charge in [0.15, 0.2) is 0 Å². The van der Waals surface area contributed by atoms with Crippen molar-refractivity contribution < 1.29 is 28.6 Å². The fourth-order valence-corrected chi connectivity index (χ4v) is 4.37. The van der Waals surface area contributed by atoms with Crippen molar-refractivity contribution in [3.05, 3.63) is 83.3 Å². The molecular weight excluding hydrogens is 448 g/mol. The van der Waals surface area contributed by atoms with Crippen molar-refractivity contribution in [2.24, 2.45) is 5.92 Å². The Labute approximate surface area is 203 Å². The number of nitrogens with one attached hydrogen (secondary N) is 2. The number of carboxylic acids is 1. The second-order valence-electron chi connectivity index (χ2n) is 8.94. The number of ether oxygens (including phenoxy) is 1. The SMILES string of the molecule is CC(C)C[C@H](NC(=O)OCC1c2ccccc2-c2ccccc21)C(=O)NCc1ccc(C(=O)O)o1. The summed E-state index contributed by atoms with van der Waals surface area (Å²) in [4.78, 5) is 36.4. The first-order valence-electron chi connectivity index (χ1n) is 11.5. The van der Waals surface area contributed by atoms with Gasteiger partial charge in [0.1, 0.15) is 18.4 Å². The Morgan fingerprint density at radius 2 is 1.60 bits per heavy atom. The van der Waals surface area contributed by atoms with E-state index in [0.29, 0.717) is 12.2 Å². The molecule has 2 aromatic carbocycles. The van der Waals surface area contributed by atoms with Crippen molar-refractivity contribution in [2.75, 3.05) is 6.61 Å². The standard InChI is InChI=1S/C27H28N2O6/c1-16(2)13-23(25(30)28-14-17-11-12-24(35-17)26(31)32)29-27(33)34-15-22-20-9-5-3-7-18(20)19-8-4-6-10-21(19)22/h3-12,16,22-23H,13-15H2,1-2H3,(H,28,30)(H,29,33)(H,31,32)/t23-/m0/s1. The topological polar surface area (TPSA) is 118 Å². The zero-order valence-electron chi connectivity index (χ0n) is 19.6. The third-order valence-corrected chi connectivity index (χ3v) is 5.97. The summed E-state index contributed by atoms with van der Waals surface area (Å²) in [5.74, 6) is -1.42. The zero-order valence-corrected chi connectivity index (χ0v) is 19.6. The van der Waals surface area contributed by atoms with Gasteiger partial charge in [0.2, 0.25) is 11.7 Å². The van der Waals surface area contributed by atoms with Gasteiger partial charge >= 0.3 is 12.1 Å². The molecule has 1 aromatic heterocycles. The number of hydrogen-bond donors (Lipinski definition) is 3. The first kappa shape index (κ1) is 24.1. The van der Waals surface area contributed by atoms with E-state index >= 15 is 0 Å². The van der Waals surface area contributed by atoms with Crippen molar-refractivity contribution in [3.63, 3.8) is 0 Å². The molecule has 3 aromatic rings. The van der Waals surface area contributed by atoms with E-state index in [1.165, 1.54) is 12.1 Å². The first-order chi connectivity index (χ1) is 16.8. The number of aromatic carboxylic acids is 1. The maximum absolute atomic E-state index is 12.8. The molecule has 8 heteroatoms. The Hall–Kier alpha value is -4.07. The lowest BCUT2D eigenvalue weighted by molar-refractivity contribution is -0.123. The van der Waals surface area contributed by atoms with Gasteiger partial charge in [0, 0.05) is 5.92 Å². The van der Waals surface area contributed by atoms with Crippen LogP contribution < -0.4 is 10.6 Å². The van der Waals surface area contributed by atoms with Gasteiger partial charge in [-0.15, -0.1) is 0 Å². The summed E-state index contributed by atoms with van der Waals surface area (Å²) in [6.07, 6.45) is -0.256. The van der Waals surface area contributed by atoms with Crippen molar-refractivity contribution >= 4 is 18.0 Å². The largest absolute Gasteiger partial charge is 0.475 e. The minimum Gasteiger partial charge on any atom is -0.475 e. The molecule has 8 nitrogen and oxygen atoms in total. The van der Waals surface area contributed by atoms with E-state index in [0.717, 1.165) is 22.3 Å². The monoisotopic (exact) mass is 476 g/mol. The molecule has 1 aliphatic rings. The average Bonchev–Trinajstić information content (AvgIpc) is 3.44. The third-order valence-electron chi connectivity index (χ3n) is 5.97. The minimum atomic E-state index is -1.18. The molecule has 1 aliphatic carbocycles. The number of carbonyl (C=O) groups is 3. The Kier molecular flexibility index (Phi) is 7.19. The molecule has 182 valence electrons. The summed E-state index contributed by atoms with van der Waals surface area (Å²) in [5.41, 5.74) is 4.49. The maximum atomic E-state index is 12.8. The van der Waals surface area contributed by atoms with Gasteiger partial charge in [-0.1, -0.05) is 62.4 Å². The molecule has 3 N–H and O–H groups in total. The Morgan fingerprint density at radius 3 is 2.17 bits per heavy atom. The molecule has 0 saturated heterocycles. The Bertz CT molecular complexity index is 1190. The molecule has 1 atom stereocenters. The van der Waals surface area contributed by atoms with E-state index in [1.807, 2.05) is 50.2 Å². The number of amides is 2. The van der Waals surface area contributed by atoms with Crippen LogP contribution in [0.5, 0.6) is 0 Å². The highest BCUT2D eigenvalue weighted by atomic mass is 16.5. The molecule has 4 rings (SSSR count). The molecular formula is C27H28N2O6. The van der Waals surface area contributed by atoms with Crippen molar-refractivity contribution in [1.82, 2.24) is 10.6 Å². The van der Waals surface area contributed by atoms with Crippen molar-refractivity contribution in [2.45, 2.75) is 38.8 Å². The Morgan fingerprint density at radius 1 is 0.971 bits per heavy atom. The second-order valence-corrected chi connectivity index (χ2v) is 8.94. The number of hydrogen-bond acceptors (Lipinski definition) is 5. The van der Waals surface area contributed by atoms with Crippen LogP contribution in [0.1, 0.15) is 53.6 Å². The van der Waals surface area contributed by atoms with E-state index in [4.69, 9.17) is 14.3 Å². The van der Waals surface area contributed by atoms with Crippen LogP contribution in [0.3, 0.4) is 0 Å². The number of alkyl carbamates (subject to hydrolysis) is 1. The summed E-state index contributed by atoms with van der Waals surface area (Å²) in [6.45, 7) is 4.06. The highest BCUT2D eigenvalue weighted by molar-refractivity contribution is 5.86. The van der Waals surface area contributed by atoms with Gasteiger partial charge in [-0.05, 0) is 46.7 Å². The van der Waals surface area contributed by atoms with Crippen molar-refractivity contribution in [1.29, 1.82) is 0 Å². The van der Waals surface area contributed by atoms with E-state index < -0.39 is 24.0 Å². The van der Waals surface area contributed by atoms with Crippen LogP contribution in [-0.2, 0) is 16.1 Å². The lowest BCUT2D eigenvalue weighted by Crippen LogP contribution is -2.47. The van der Waals surface area contributed by atoms with Crippen LogP contribution in [-0.4, -0.2) is 35.7 Å². The number of fused-ring (bicyclic) bond motifs is 3. The highest BCUT2D eigenvalue weighted by Crippen LogP contribution is 2.44. The quantitative estimate of drug-likeness (QED) is 0.417. The summed E-state index contributed by atoms with van der Waals surface area (Å²) in [7, 11) is 0. The first-order valence-corrected chi connectivity index (χ1v) is 11.5. The van der Waals surface area contributed by atoms with Crippen LogP contribution in [0.15, 0.2) is 65.1 Å². The van der Waals surface area contributed by atoms with Gasteiger partial charge in [-0.25, -0.2) is 9.59 Å². The maximum Gasteiger partial charge on any atom is 0.407 e. The smallest absolute Gasteiger partial charge is 0.407 e. The van der Waals surface area contributed by atoms with Crippen LogP contribution in [0.4, 0.5) is 4.79 Å². The zero-order chi connectivity index (χ0) is 24.9. The Balaban J connectivity index is 1.37. The van der Waals surface area contributed by atoms with Gasteiger partial charge in [0.25, 0.3) is 0 Å². The predicted molar refractivity (Wildman–Crippen MR) is 129 cm³/mol. The van der Waals surface area contributed by atoms with E-state index in [-0.39, 0.29) is 30.7 Å². The number of benzene rings is 2. The molecule has 2 amide bonds. The fourth-order valence-electron chi connectivity index (χ4n) is 4.37. The predicted octanol–water partition coefficient (Wildman–Crippen LogP) is 4.55. The van der Waals surface area contributed by atoms with E-state index in [1.54, 1.807) is 0 Å². The van der Waals surface area contributed by atoms with Gasteiger partial charge in [-0.3, -0.25) is 4.79 Å². The molecule has 0 fully saturated rings. The third kappa shape index (κ3) is 5.54. The fraction of sp³-hybridized carbons (Fsp3) is 0.296. The molecule has 0 saturated carbocycles. The molecule has 0 spiro atoms. The van der Waals surface area contributed by atoms with Crippen molar-refractivity contribution in [3.8, 4) is 11.1 Å². The number of carboxylic acid groups (broad SMARTS) is 1. The van der Waals surface area contributed by atoms with Crippen LogP contribution >= 0.6 is 0 Å². The van der Waals surface area contributed by atoms with Crippen LogP contribution in [0.2, 0.25) is 0 Å². The number of furan rings is 1. The lowest BCUT2D eigenvalue weighted by Gasteiger charge is -2.21. The molecule has 0 radical (unpaired) electrons. The van der Waals surface area contributed by atoms with Gasteiger partial charge in [-0.2, -0.15) is 0 Å². The van der Waals surface area contributed by atoms with Crippen LogP contribution in [0, 0.1) is 5.92 Å².